The highest BCUT2D eigenvalue weighted by Gasteiger charge is 2.34. The number of rotatable bonds is 10. The summed E-state index contributed by atoms with van der Waals surface area (Å²) in [6.07, 6.45) is 12.0. The van der Waals surface area contributed by atoms with E-state index in [-0.39, 0.29) is 18.5 Å². The van der Waals surface area contributed by atoms with Crippen molar-refractivity contribution in [2.75, 3.05) is 68.0 Å². The fourth-order valence-electron chi connectivity index (χ4n) is 8.41. The van der Waals surface area contributed by atoms with E-state index >= 15 is 0 Å². The number of hydrogen-bond donors (Lipinski definition) is 2. The molecule has 0 saturated carbocycles. The molecular formula is C41H51N9O3. The second-order valence-electron chi connectivity index (χ2n) is 15.0. The molecule has 12 nitrogen and oxygen atoms in total. The number of aryl methyl sites for hydroxylation is 1. The molecule has 0 atom stereocenters. The lowest BCUT2D eigenvalue weighted by molar-refractivity contribution is -0.129. The van der Waals surface area contributed by atoms with Crippen molar-refractivity contribution >= 4 is 34.8 Å². The number of likely N-dealkylation sites (tertiary alicyclic amines) is 1. The van der Waals surface area contributed by atoms with Crippen LogP contribution in [-0.2, 0) is 24.3 Å². The van der Waals surface area contributed by atoms with Gasteiger partial charge < -0.3 is 25.2 Å². The summed E-state index contributed by atoms with van der Waals surface area (Å²) in [6.45, 7) is 10.1. The van der Waals surface area contributed by atoms with Crippen molar-refractivity contribution in [1.82, 2.24) is 29.9 Å². The topological polar surface area (TPSA) is 111 Å². The zero-order valence-corrected chi connectivity index (χ0v) is 31.0. The van der Waals surface area contributed by atoms with Crippen molar-refractivity contribution < 1.29 is 14.3 Å². The van der Waals surface area contributed by atoms with Crippen molar-refractivity contribution in [2.45, 2.75) is 64.6 Å². The summed E-state index contributed by atoms with van der Waals surface area (Å²) in [6, 6.07) is 16.2. The molecule has 0 unspecified atom stereocenters. The number of carbonyl (C=O) groups excluding carboxylic acids is 2. The van der Waals surface area contributed by atoms with Crippen LogP contribution in [0.5, 0.6) is 5.75 Å². The van der Waals surface area contributed by atoms with Crippen molar-refractivity contribution in [2.24, 2.45) is 5.92 Å². The third kappa shape index (κ3) is 7.89. The van der Waals surface area contributed by atoms with Gasteiger partial charge in [0.15, 0.2) is 0 Å². The van der Waals surface area contributed by atoms with Gasteiger partial charge in [-0.25, -0.2) is 9.78 Å². The van der Waals surface area contributed by atoms with E-state index in [2.05, 4.69) is 67.5 Å². The van der Waals surface area contributed by atoms with Gasteiger partial charge in [-0.3, -0.25) is 19.3 Å². The number of urea groups is 1. The maximum absolute atomic E-state index is 13.6. The van der Waals surface area contributed by atoms with Crippen molar-refractivity contribution in [3.05, 3.63) is 89.4 Å². The number of nitrogens with one attached hydrogen (secondary N) is 2. The Hall–Kier alpha value is -4.94. The van der Waals surface area contributed by atoms with Gasteiger partial charge in [0.2, 0.25) is 5.91 Å². The van der Waals surface area contributed by atoms with Crippen LogP contribution < -0.4 is 25.2 Å². The third-order valence-corrected chi connectivity index (χ3v) is 11.6. The van der Waals surface area contributed by atoms with Gasteiger partial charge >= 0.3 is 6.03 Å². The molecule has 3 fully saturated rings. The summed E-state index contributed by atoms with van der Waals surface area (Å²) in [4.78, 5) is 39.3. The Balaban J connectivity index is 0.797. The Kier molecular flexibility index (Phi) is 10.3. The maximum atomic E-state index is 13.6. The predicted octanol–water partition coefficient (Wildman–Crippen LogP) is 5.90. The van der Waals surface area contributed by atoms with Crippen LogP contribution in [0.4, 0.5) is 27.7 Å². The number of aromatic nitrogens is 3. The number of ether oxygens (including phenoxy) is 1. The average Bonchev–Trinajstić information content (AvgIpc) is 3.66. The predicted molar refractivity (Wildman–Crippen MR) is 207 cm³/mol. The van der Waals surface area contributed by atoms with Crippen LogP contribution in [0.2, 0.25) is 0 Å². The van der Waals surface area contributed by atoms with Gasteiger partial charge in [-0.15, -0.1) is 0 Å². The van der Waals surface area contributed by atoms with Crippen LogP contribution in [0.15, 0.2) is 67.1 Å². The van der Waals surface area contributed by atoms with E-state index in [0.717, 1.165) is 99.1 Å². The van der Waals surface area contributed by atoms with Crippen LogP contribution in [-0.4, -0.2) is 89.4 Å². The lowest BCUT2D eigenvalue weighted by Gasteiger charge is -2.39. The molecule has 2 aromatic carbocycles. The van der Waals surface area contributed by atoms with Crippen LogP contribution in [0.1, 0.15) is 60.4 Å². The zero-order valence-electron chi connectivity index (χ0n) is 31.0. The number of pyridine rings is 1. The number of nitrogens with zero attached hydrogens (tertiary/aromatic N) is 7. The average molecular weight is 718 g/mol. The summed E-state index contributed by atoms with van der Waals surface area (Å²) in [5.41, 5.74) is 7.67. The van der Waals surface area contributed by atoms with E-state index in [9.17, 15) is 9.59 Å². The number of methoxy groups -OCH3 is 1. The standard InChI is InChI=1S/C41H51N9O3/c1-29-21-36(5-8-38(29)48-20-14-40(51)49(41(48)52)27-30-3-6-37(53-2)7-4-30)47-18-10-31(11-19-47)26-46-16-12-35(13-17-46)50-28-34(25-44-50)45-39-22-33-23-42-15-9-32(33)24-43-39/h3-8,21-22,24-25,28,31,35,42H,9-20,23,26-27H2,1-2H3,(H,43,45). The lowest BCUT2D eigenvalue weighted by Crippen LogP contribution is -2.52. The molecular weight excluding hydrogens is 667 g/mol. The highest BCUT2D eigenvalue weighted by atomic mass is 16.5. The largest absolute Gasteiger partial charge is 0.497 e. The first-order valence-electron chi connectivity index (χ1n) is 19.2. The Morgan fingerprint density at radius 3 is 2.49 bits per heavy atom. The number of benzene rings is 2. The molecule has 53 heavy (non-hydrogen) atoms. The van der Waals surface area contributed by atoms with E-state index < -0.39 is 0 Å². The van der Waals surface area contributed by atoms with Crippen LogP contribution in [0.25, 0.3) is 0 Å². The number of anilines is 4. The summed E-state index contributed by atoms with van der Waals surface area (Å²) < 4.78 is 7.39. The van der Waals surface area contributed by atoms with Crippen LogP contribution in [0, 0.1) is 12.8 Å². The van der Waals surface area contributed by atoms with Gasteiger partial charge in [-0.05, 0) is 110 Å². The highest BCUT2D eigenvalue weighted by molar-refractivity contribution is 6.06. The number of fused-ring (bicyclic) bond motifs is 1. The van der Waals surface area contributed by atoms with Gasteiger partial charge in [-0.1, -0.05) is 12.1 Å². The molecule has 12 heteroatoms. The summed E-state index contributed by atoms with van der Waals surface area (Å²) in [5, 5.41) is 11.6. The fraction of sp³-hybridized carbons (Fsp3) is 0.463. The molecule has 2 aromatic heterocycles. The Morgan fingerprint density at radius 2 is 1.72 bits per heavy atom. The molecule has 4 aliphatic rings. The second kappa shape index (κ2) is 15.6. The van der Waals surface area contributed by atoms with Crippen molar-refractivity contribution in [3.63, 3.8) is 0 Å². The Morgan fingerprint density at radius 1 is 0.906 bits per heavy atom. The van der Waals surface area contributed by atoms with Crippen LogP contribution >= 0.6 is 0 Å². The molecule has 0 radical (unpaired) electrons. The quantitative estimate of drug-likeness (QED) is 0.207. The Labute approximate surface area is 312 Å². The molecule has 0 bridgehead atoms. The minimum atomic E-state index is -0.263. The minimum absolute atomic E-state index is 0.138. The molecule has 2 N–H and O–H groups in total. The van der Waals surface area contributed by atoms with Crippen molar-refractivity contribution in [3.8, 4) is 5.75 Å². The molecule has 3 saturated heterocycles. The van der Waals surface area contributed by atoms with Gasteiger partial charge in [0, 0.05) is 76.0 Å². The number of piperidine rings is 2. The lowest BCUT2D eigenvalue weighted by atomic mass is 9.94. The molecule has 8 rings (SSSR count). The van der Waals surface area contributed by atoms with E-state index in [4.69, 9.17) is 9.84 Å². The van der Waals surface area contributed by atoms with Gasteiger partial charge in [0.05, 0.1) is 31.6 Å². The van der Waals surface area contributed by atoms with Crippen LogP contribution in [0.3, 0.4) is 0 Å². The zero-order chi connectivity index (χ0) is 36.3. The molecule has 4 aliphatic heterocycles. The van der Waals surface area contributed by atoms with Crippen molar-refractivity contribution in [1.29, 1.82) is 0 Å². The number of imide groups is 1. The number of hydrogen-bond acceptors (Lipinski definition) is 9. The summed E-state index contributed by atoms with van der Waals surface area (Å²) in [7, 11) is 1.62. The summed E-state index contributed by atoms with van der Waals surface area (Å²) in [5.74, 6) is 2.18. The third-order valence-electron chi connectivity index (χ3n) is 11.6. The highest BCUT2D eigenvalue weighted by Crippen LogP contribution is 2.32. The summed E-state index contributed by atoms with van der Waals surface area (Å²) >= 11 is 0. The second-order valence-corrected chi connectivity index (χ2v) is 15.0. The van der Waals surface area contributed by atoms with E-state index in [0.29, 0.717) is 24.9 Å². The molecule has 4 aromatic rings. The molecule has 3 amide bonds. The first-order valence-corrected chi connectivity index (χ1v) is 19.2. The van der Waals surface area contributed by atoms with E-state index in [1.165, 1.54) is 34.6 Å². The number of carbonyl (C=O) groups is 2. The fourth-order valence-corrected chi connectivity index (χ4v) is 8.41. The van der Waals surface area contributed by atoms with Gasteiger partial charge in [0.1, 0.15) is 11.6 Å². The molecule has 0 aliphatic carbocycles. The molecule has 278 valence electrons. The van der Waals surface area contributed by atoms with E-state index in [1.54, 1.807) is 12.0 Å². The first-order chi connectivity index (χ1) is 25.9. The monoisotopic (exact) mass is 717 g/mol. The van der Waals surface area contributed by atoms with Gasteiger partial charge in [-0.2, -0.15) is 5.10 Å². The smallest absolute Gasteiger partial charge is 0.331 e. The Bertz CT molecular complexity index is 1910. The minimum Gasteiger partial charge on any atom is -0.497 e. The van der Waals surface area contributed by atoms with E-state index in [1.807, 2.05) is 36.7 Å². The normalized spacial score (nSPS) is 19.1. The first kappa shape index (κ1) is 35.1. The molecule has 6 heterocycles. The maximum Gasteiger partial charge on any atom is 0.331 e. The number of amides is 3. The van der Waals surface area contributed by atoms with Gasteiger partial charge in [0.25, 0.3) is 0 Å². The SMILES string of the molecule is COc1ccc(CN2C(=O)CCN(c3ccc(N4CCC(CN5CCC(n6cc(Nc7cc8c(cn7)CCNC8)cn6)CC5)CC4)cc3C)C2=O)cc1. The molecule has 0 spiro atoms.